The van der Waals surface area contributed by atoms with E-state index in [0.29, 0.717) is 0 Å². The standard InChI is InChI=1S/C13H14OSe/c1-2-3-4-8-11-15-13(14)12-9-6-5-7-10-12/h5-7,9-10H,2-4H2,1H3. The second kappa shape index (κ2) is 7.29. The Morgan fingerprint density at radius 3 is 2.73 bits per heavy atom. The van der Waals surface area contributed by atoms with Gasteiger partial charge in [0.05, 0.1) is 0 Å². The van der Waals surface area contributed by atoms with Crippen LogP contribution >= 0.6 is 0 Å². The van der Waals surface area contributed by atoms with Gasteiger partial charge >= 0.3 is 97.3 Å². The van der Waals surface area contributed by atoms with Crippen LogP contribution in [-0.2, 0) is 0 Å². The summed E-state index contributed by atoms with van der Waals surface area (Å²) in [6, 6.07) is 9.37. The van der Waals surface area contributed by atoms with Crippen molar-refractivity contribution in [3.63, 3.8) is 0 Å². The molecule has 1 rings (SSSR count). The molecule has 0 saturated carbocycles. The molecule has 1 aromatic rings. The Kier molecular flexibility index (Phi) is 5.85. The zero-order chi connectivity index (χ0) is 10.9. The Morgan fingerprint density at radius 2 is 2.07 bits per heavy atom. The second-order valence-electron chi connectivity index (χ2n) is 3.14. The van der Waals surface area contributed by atoms with Gasteiger partial charge in [-0.05, 0) is 0 Å². The van der Waals surface area contributed by atoms with Crippen molar-refractivity contribution in [2.45, 2.75) is 26.2 Å². The molecule has 0 atom stereocenters. The Labute approximate surface area is 97.4 Å². The van der Waals surface area contributed by atoms with Crippen LogP contribution in [-0.4, -0.2) is 19.6 Å². The SMILES string of the molecule is CCCCC#C[Se]C(=O)c1ccccc1. The third-order valence-electron chi connectivity index (χ3n) is 1.88. The molecule has 2 heteroatoms. The van der Waals surface area contributed by atoms with Crippen LogP contribution in [0.3, 0.4) is 0 Å². The van der Waals surface area contributed by atoms with E-state index in [0.717, 1.165) is 24.8 Å². The third kappa shape index (κ3) is 4.83. The molecule has 1 aromatic carbocycles. The molecule has 78 valence electrons. The molecule has 1 nitrogen and oxygen atoms in total. The van der Waals surface area contributed by atoms with Crippen molar-refractivity contribution in [3.05, 3.63) is 35.9 Å². The van der Waals surface area contributed by atoms with Gasteiger partial charge in [-0.1, -0.05) is 0 Å². The maximum absolute atomic E-state index is 11.6. The van der Waals surface area contributed by atoms with Crippen molar-refractivity contribution in [1.29, 1.82) is 0 Å². The summed E-state index contributed by atoms with van der Waals surface area (Å²) in [6.45, 7) is 2.14. The molecule has 0 aliphatic carbocycles. The van der Waals surface area contributed by atoms with Gasteiger partial charge in [0.25, 0.3) is 0 Å². The van der Waals surface area contributed by atoms with Crippen LogP contribution in [0.25, 0.3) is 0 Å². The normalized spacial score (nSPS) is 9.13. The van der Waals surface area contributed by atoms with Crippen LogP contribution in [0.4, 0.5) is 0 Å². The topological polar surface area (TPSA) is 17.1 Å². The fraction of sp³-hybridized carbons (Fsp3) is 0.308. The molecule has 0 fully saturated rings. The first-order valence-electron chi connectivity index (χ1n) is 5.08. The number of unbranched alkanes of at least 4 members (excludes halogenated alkanes) is 2. The Bertz CT molecular complexity index is 359. The molecule has 0 unspecified atom stereocenters. The van der Waals surface area contributed by atoms with Gasteiger partial charge in [0, 0.05) is 0 Å². The molecule has 0 N–H and O–H groups in total. The molecule has 0 bridgehead atoms. The van der Waals surface area contributed by atoms with Crippen molar-refractivity contribution < 1.29 is 4.79 Å². The number of carbonyl (C=O) groups is 1. The van der Waals surface area contributed by atoms with Crippen LogP contribution in [0.15, 0.2) is 30.3 Å². The summed E-state index contributed by atoms with van der Waals surface area (Å²) in [5.41, 5.74) is 0.780. The van der Waals surface area contributed by atoms with E-state index in [9.17, 15) is 4.79 Å². The van der Waals surface area contributed by atoms with E-state index in [-0.39, 0.29) is 19.6 Å². The average Bonchev–Trinajstić information content (AvgIpc) is 2.30. The summed E-state index contributed by atoms with van der Waals surface area (Å²) < 4.78 is 0.173. The fourth-order valence-electron chi connectivity index (χ4n) is 1.03. The van der Waals surface area contributed by atoms with E-state index in [1.165, 1.54) is 0 Å². The van der Waals surface area contributed by atoms with Crippen molar-refractivity contribution in [2.24, 2.45) is 0 Å². The zero-order valence-electron chi connectivity index (χ0n) is 8.82. The van der Waals surface area contributed by atoms with E-state index in [1.807, 2.05) is 30.3 Å². The van der Waals surface area contributed by atoms with Gasteiger partial charge in [0.1, 0.15) is 0 Å². The van der Waals surface area contributed by atoms with Crippen LogP contribution in [0.5, 0.6) is 0 Å². The predicted octanol–water partition coefficient (Wildman–Crippen LogP) is 2.68. The number of benzene rings is 1. The van der Waals surface area contributed by atoms with Crippen molar-refractivity contribution in [1.82, 2.24) is 0 Å². The monoisotopic (exact) mass is 266 g/mol. The summed E-state index contributed by atoms with van der Waals surface area (Å²) in [5, 5.41) is 0. The molecule has 0 amide bonds. The minimum atomic E-state index is -0.213. The van der Waals surface area contributed by atoms with E-state index in [4.69, 9.17) is 0 Å². The molecular weight excluding hydrogens is 251 g/mol. The van der Waals surface area contributed by atoms with Crippen LogP contribution < -0.4 is 0 Å². The molecule has 0 heterocycles. The maximum atomic E-state index is 11.6. The van der Waals surface area contributed by atoms with E-state index < -0.39 is 0 Å². The van der Waals surface area contributed by atoms with Crippen molar-refractivity contribution >= 4 is 19.6 Å². The van der Waals surface area contributed by atoms with Gasteiger partial charge in [0.2, 0.25) is 0 Å². The fourth-order valence-corrected chi connectivity index (χ4v) is 2.12. The van der Waals surface area contributed by atoms with E-state index in [2.05, 4.69) is 17.7 Å². The predicted molar refractivity (Wildman–Crippen MR) is 63.8 cm³/mol. The Morgan fingerprint density at radius 1 is 1.33 bits per heavy atom. The molecule has 0 aliphatic rings. The summed E-state index contributed by atoms with van der Waals surface area (Å²) >= 11 is -0.213. The van der Waals surface area contributed by atoms with Gasteiger partial charge < -0.3 is 0 Å². The van der Waals surface area contributed by atoms with Gasteiger partial charge in [-0.15, -0.1) is 0 Å². The van der Waals surface area contributed by atoms with Crippen molar-refractivity contribution in [2.75, 3.05) is 0 Å². The number of carbonyl (C=O) groups excluding carboxylic acids is 1. The first-order chi connectivity index (χ1) is 7.34. The molecule has 15 heavy (non-hydrogen) atoms. The first kappa shape index (κ1) is 12.0. The van der Waals surface area contributed by atoms with Gasteiger partial charge in [-0.25, -0.2) is 0 Å². The van der Waals surface area contributed by atoms with Gasteiger partial charge in [-0.3, -0.25) is 0 Å². The molecule has 0 saturated heterocycles. The van der Waals surface area contributed by atoms with E-state index in [1.54, 1.807) is 0 Å². The number of rotatable bonds is 4. The molecule has 0 radical (unpaired) electrons. The Balaban J connectivity index is 2.39. The zero-order valence-corrected chi connectivity index (χ0v) is 10.5. The average molecular weight is 265 g/mol. The van der Waals surface area contributed by atoms with Gasteiger partial charge in [-0.2, -0.15) is 0 Å². The van der Waals surface area contributed by atoms with Crippen LogP contribution in [0, 0.1) is 10.7 Å². The summed E-state index contributed by atoms with van der Waals surface area (Å²) in [4.78, 5) is 14.6. The number of hydrogen-bond acceptors (Lipinski definition) is 1. The minimum absolute atomic E-state index is 0.173. The van der Waals surface area contributed by atoms with Crippen LogP contribution in [0.1, 0.15) is 36.5 Å². The molecule has 0 aliphatic heterocycles. The Hall–Kier alpha value is -1.03. The van der Waals surface area contributed by atoms with E-state index >= 15 is 0 Å². The summed E-state index contributed by atoms with van der Waals surface area (Å²) in [7, 11) is 0. The quantitative estimate of drug-likeness (QED) is 0.465. The molecule has 0 aromatic heterocycles. The molecule has 0 spiro atoms. The third-order valence-corrected chi connectivity index (χ3v) is 3.28. The first-order valence-corrected chi connectivity index (χ1v) is 6.80. The van der Waals surface area contributed by atoms with Gasteiger partial charge in [0.15, 0.2) is 0 Å². The summed E-state index contributed by atoms with van der Waals surface area (Å²) in [5.74, 6) is 3.04. The second-order valence-corrected chi connectivity index (χ2v) is 4.77. The van der Waals surface area contributed by atoms with Crippen LogP contribution in [0.2, 0.25) is 0 Å². The molecular formula is C13H14OSe. The number of hydrogen-bond donors (Lipinski definition) is 0. The van der Waals surface area contributed by atoms with Crippen molar-refractivity contribution in [3.8, 4) is 10.7 Å². The summed E-state index contributed by atoms with van der Waals surface area (Å²) in [6.07, 6.45) is 3.21.